The molecule has 0 atom stereocenters. The minimum atomic E-state index is -0.755. The molecule has 9 heteroatoms. The third-order valence-electron chi connectivity index (χ3n) is 2.02. The fourth-order valence-corrected chi connectivity index (χ4v) is 1.41. The standard InChI is InChI=1S/C9H9ClN4O4/c1-13(4-8(11)15)9(16)5-2-7(10)12-3-6(5)14(17)18/h2-3H,4H2,1H3,(H2,11,15). The number of primary amides is 1. The number of carbonyl (C=O) groups is 2. The Hall–Kier alpha value is -2.22. The average Bonchev–Trinajstić information content (AvgIpc) is 2.26. The van der Waals surface area contributed by atoms with Gasteiger partial charge in [0.15, 0.2) is 0 Å². The smallest absolute Gasteiger partial charge is 0.300 e. The van der Waals surface area contributed by atoms with Crippen molar-refractivity contribution in [3.05, 3.63) is 33.1 Å². The van der Waals surface area contributed by atoms with Gasteiger partial charge in [0.2, 0.25) is 5.91 Å². The molecule has 0 aliphatic heterocycles. The fourth-order valence-electron chi connectivity index (χ4n) is 1.25. The first-order chi connectivity index (χ1) is 8.32. The van der Waals surface area contributed by atoms with Gasteiger partial charge in [-0.3, -0.25) is 19.7 Å². The summed E-state index contributed by atoms with van der Waals surface area (Å²) < 4.78 is 0. The van der Waals surface area contributed by atoms with Gasteiger partial charge in [-0.25, -0.2) is 4.98 Å². The Labute approximate surface area is 106 Å². The number of nitrogens with two attached hydrogens (primary N) is 1. The number of nitrogens with zero attached hydrogens (tertiary/aromatic N) is 3. The van der Waals surface area contributed by atoms with Crippen molar-refractivity contribution < 1.29 is 14.5 Å². The first-order valence-electron chi connectivity index (χ1n) is 4.66. The second kappa shape index (κ2) is 5.41. The lowest BCUT2D eigenvalue weighted by Crippen LogP contribution is -2.35. The Balaban J connectivity index is 3.15. The second-order valence-electron chi connectivity index (χ2n) is 3.41. The summed E-state index contributed by atoms with van der Waals surface area (Å²) in [5.74, 6) is -1.46. The molecule has 0 saturated carbocycles. The van der Waals surface area contributed by atoms with E-state index in [2.05, 4.69) is 4.98 Å². The third kappa shape index (κ3) is 3.14. The molecule has 1 rings (SSSR count). The molecule has 2 amide bonds. The predicted octanol–water partition coefficient (Wildman–Crippen LogP) is 0.201. The molecule has 0 aliphatic rings. The summed E-state index contributed by atoms with van der Waals surface area (Å²) in [7, 11) is 1.30. The summed E-state index contributed by atoms with van der Waals surface area (Å²) in [5, 5.41) is 10.7. The van der Waals surface area contributed by atoms with Crippen LogP contribution >= 0.6 is 11.6 Å². The molecular formula is C9H9ClN4O4. The monoisotopic (exact) mass is 272 g/mol. The van der Waals surface area contributed by atoms with Crippen LogP contribution in [-0.2, 0) is 4.79 Å². The zero-order valence-electron chi connectivity index (χ0n) is 9.29. The summed E-state index contributed by atoms with van der Waals surface area (Å²) in [6, 6.07) is 1.07. The lowest BCUT2D eigenvalue weighted by molar-refractivity contribution is -0.385. The minimum Gasteiger partial charge on any atom is -0.368 e. The Kier molecular flexibility index (Phi) is 4.16. The van der Waals surface area contributed by atoms with Crippen LogP contribution in [-0.4, -0.2) is 40.2 Å². The summed E-state index contributed by atoms with van der Waals surface area (Å²) in [4.78, 5) is 37.0. The van der Waals surface area contributed by atoms with Crippen molar-refractivity contribution in [2.24, 2.45) is 5.73 Å². The maximum absolute atomic E-state index is 11.9. The number of hydrogen-bond donors (Lipinski definition) is 1. The van der Waals surface area contributed by atoms with Crippen LogP contribution in [0.4, 0.5) is 5.69 Å². The number of amides is 2. The third-order valence-corrected chi connectivity index (χ3v) is 2.22. The van der Waals surface area contributed by atoms with Crippen molar-refractivity contribution in [3.8, 4) is 0 Å². The molecule has 1 heterocycles. The zero-order valence-corrected chi connectivity index (χ0v) is 10.0. The van der Waals surface area contributed by atoms with E-state index in [1.807, 2.05) is 0 Å². The van der Waals surface area contributed by atoms with Crippen molar-refractivity contribution in [1.82, 2.24) is 9.88 Å². The summed E-state index contributed by atoms with van der Waals surface area (Å²) in [6.07, 6.45) is 0.883. The molecule has 0 bridgehead atoms. The number of likely N-dealkylation sites (N-methyl/N-ethyl adjacent to an activating group) is 1. The van der Waals surface area contributed by atoms with Crippen molar-refractivity contribution in [3.63, 3.8) is 0 Å². The molecule has 0 fully saturated rings. The van der Waals surface area contributed by atoms with E-state index in [1.54, 1.807) is 0 Å². The molecule has 0 radical (unpaired) electrons. The maximum Gasteiger partial charge on any atom is 0.300 e. The molecule has 0 unspecified atom stereocenters. The lowest BCUT2D eigenvalue weighted by atomic mass is 10.2. The van der Waals surface area contributed by atoms with Crippen LogP contribution in [0, 0.1) is 10.1 Å². The van der Waals surface area contributed by atoms with Gasteiger partial charge in [-0.05, 0) is 6.07 Å². The van der Waals surface area contributed by atoms with Crippen LogP contribution in [0.2, 0.25) is 5.15 Å². The van der Waals surface area contributed by atoms with E-state index in [-0.39, 0.29) is 17.3 Å². The van der Waals surface area contributed by atoms with E-state index in [0.717, 1.165) is 17.2 Å². The number of halogens is 1. The van der Waals surface area contributed by atoms with Crippen LogP contribution in [0.5, 0.6) is 0 Å². The van der Waals surface area contributed by atoms with Gasteiger partial charge in [-0.1, -0.05) is 11.6 Å². The van der Waals surface area contributed by atoms with Gasteiger partial charge >= 0.3 is 0 Å². The molecule has 96 valence electrons. The molecule has 1 aromatic rings. The van der Waals surface area contributed by atoms with E-state index in [0.29, 0.717) is 0 Å². The Morgan fingerprint density at radius 1 is 1.61 bits per heavy atom. The summed E-state index contributed by atoms with van der Waals surface area (Å²) in [6.45, 7) is -0.351. The largest absolute Gasteiger partial charge is 0.368 e. The number of pyridine rings is 1. The van der Waals surface area contributed by atoms with E-state index in [1.165, 1.54) is 7.05 Å². The Morgan fingerprint density at radius 2 is 2.22 bits per heavy atom. The molecule has 2 N–H and O–H groups in total. The van der Waals surface area contributed by atoms with Gasteiger partial charge in [-0.2, -0.15) is 0 Å². The molecule has 1 aromatic heterocycles. The van der Waals surface area contributed by atoms with Gasteiger partial charge in [0, 0.05) is 7.05 Å². The lowest BCUT2D eigenvalue weighted by Gasteiger charge is -2.14. The Bertz CT molecular complexity index is 519. The highest BCUT2D eigenvalue weighted by molar-refractivity contribution is 6.29. The van der Waals surface area contributed by atoms with E-state index >= 15 is 0 Å². The minimum absolute atomic E-state index is 0.0589. The first kappa shape index (κ1) is 13.8. The predicted molar refractivity (Wildman–Crippen MR) is 62.1 cm³/mol. The highest BCUT2D eigenvalue weighted by Crippen LogP contribution is 2.21. The van der Waals surface area contributed by atoms with Gasteiger partial charge in [-0.15, -0.1) is 0 Å². The van der Waals surface area contributed by atoms with Crippen LogP contribution in [0.15, 0.2) is 12.3 Å². The fraction of sp³-hybridized carbons (Fsp3) is 0.222. The quantitative estimate of drug-likeness (QED) is 0.477. The SMILES string of the molecule is CN(CC(N)=O)C(=O)c1cc(Cl)ncc1[N+](=O)[O-]. The van der Waals surface area contributed by atoms with Crippen LogP contribution < -0.4 is 5.73 Å². The molecule has 0 aliphatic carbocycles. The zero-order chi connectivity index (χ0) is 13.9. The molecule has 18 heavy (non-hydrogen) atoms. The number of aromatic nitrogens is 1. The van der Waals surface area contributed by atoms with E-state index in [4.69, 9.17) is 17.3 Å². The molecule has 0 saturated heterocycles. The highest BCUT2D eigenvalue weighted by atomic mass is 35.5. The van der Waals surface area contributed by atoms with Gasteiger partial charge < -0.3 is 10.6 Å². The second-order valence-corrected chi connectivity index (χ2v) is 3.80. The van der Waals surface area contributed by atoms with Crippen LogP contribution in [0.25, 0.3) is 0 Å². The highest BCUT2D eigenvalue weighted by Gasteiger charge is 2.24. The van der Waals surface area contributed by atoms with Crippen molar-refractivity contribution in [1.29, 1.82) is 0 Å². The maximum atomic E-state index is 11.9. The van der Waals surface area contributed by atoms with Gasteiger partial charge in [0.25, 0.3) is 11.6 Å². The summed E-state index contributed by atoms with van der Waals surface area (Å²) >= 11 is 5.58. The first-order valence-corrected chi connectivity index (χ1v) is 5.04. The topological polar surface area (TPSA) is 119 Å². The molecule has 0 spiro atoms. The van der Waals surface area contributed by atoms with E-state index < -0.39 is 22.4 Å². The van der Waals surface area contributed by atoms with E-state index in [9.17, 15) is 19.7 Å². The normalized spacial score (nSPS) is 9.89. The number of hydrogen-bond acceptors (Lipinski definition) is 5. The Morgan fingerprint density at radius 3 is 2.72 bits per heavy atom. The number of nitro groups is 1. The van der Waals surface area contributed by atoms with Crippen LogP contribution in [0.3, 0.4) is 0 Å². The van der Waals surface area contributed by atoms with Crippen molar-refractivity contribution in [2.75, 3.05) is 13.6 Å². The number of rotatable bonds is 4. The average molecular weight is 273 g/mol. The van der Waals surface area contributed by atoms with Crippen molar-refractivity contribution in [2.45, 2.75) is 0 Å². The molecular weight excluding hydrogens is 264 g/mol. The van der Waals surface area contributed by atoms with Gasteiger partial charge in [0.05, 0.1) is 11.5 Å². The van der Waals surface area contributed by atoms with Crippen LogP contribution in [0.1, 0.15) is 10.4 Å². The molecule has 8 nitrogen and oxygen atoms in total. The van der Waals surface area contributed by atoms with Gasteiger partial charge in [0.1, 0.15) is 16.9 Å². The summed E-state index contributed by atoms with van der Waals surface area (Å²) in [5.41, 5.74) is 4.20. The van der Waals surface area contributed by atoms with Crippen molar-refractivity contribution >= 4 is 29.1 Å². The molecule has 0 aromatic carbocycles. The number of carbonyl (C=O) groups excluding carboxylic acids is 2.